The summed E-state index contributed by atoms with van der Waals surface area (Å²) in [6.07, 6.45) is 0.186. The molecule has 3 unspecified atom stereocenters. The van der Waals surface area contributed by atoms with Crippen LogP contribution in [0.4, 0.5) is 8.78 Å². The van der Waals surface area contributed by atoms with E-state index in [0.717, 1.165) is 6.08 Å². The molecule has 0 aromatic carbocycles. The molecule has 160 valence electrons. The lowest BCUT2D eigenvalue weighted by Gasteiger charge is -2.63. The van der Waals surface area contributed by atoms with Gasteiger partial charge in [-0.25, -0.2) is 8.78 Å². The van der Waals surface area contributed by atoms with Gasteiger partial charge in [0.15, 0.2) is 11.5 Å². The summed E-state index contributed by atoms with van der Waals surface area (Å²) in [5, 5.41) is 31.8. The van der Waals surface area contributed by atoms with Gasteiger partial charge >= 0.3 is 5.97 Å². The average molecular weight is 410 g/mol. The minimum Gasteiger partial charge on any atom is -0.481 e. The number of alkyl halides is 2. The fourth-order valence-corrected chi connectivity index (χ4v) is 7.23. The minimum absolute atomic E-state index is 0.0539. The monoisotopic (exact) mass is 410 g/mol. The quantitative estimate of drug-likeness (QED) is 0.651. The van der Waals surface area contributed by atoms with Crippen LogP contribution in [-0.4, -0.2) is 50.6 Å². The number of halogens is 2. The number of carbonyl (C=O) groups is 2. The van der Waals surface area contributed by atoms with Crippen LogP contribution >= 0.6 is 0 Å². The van der Waals surface area contributed by atoms with E-state index in [0.29, 0.717) is 6.42 Å². The summed E-state index contributed by atoms with van der Waals surface area (Å²) in [4.78, 5) is 23.3. The normalized spacial score (nSPS) is 53.7. The van der Waals surface area contributed by atoms with E-state index in [1.165, 1.54) is 19.1 Å². The molecule has 0 saturated heterocycles. The molecule has 3 saturated carbocycles. The third kappa shape index (κ3) is 2.31. The van der Waals surface area contributed by atoms with Crippen molar-refractivity contribution in [3.05, 3.63) is 23.8 Å². The number of carboxylic acid groups (broad SMARTS) is 1. The van der Waals surface area contributed by atoms with Gasteiger partial charge in [0.25, 0.3) is 0 Å². The lowest BCUT2D eigenvalue weighted by molar-refractivity contribution is -0.226. The summed E-state index contributed by atoms with van der Waals surface area (Å²) in [7, 11) is 0. The third-order valence-corrected chi connectivity index (χ3v) is 8.85. The molecule has 29 heavy (non-hydrogen) atoms. The largest absolute Gasteiger partial charge is 0.481 e. The van der Waals surface area contributed by atoms with E-state index in [1.54, 1.807) is 13.8 Å². The lowest BCUT2D eigenvalue weighted by Crippen LogP contribution is -2.69. The number of aliphatic hydroxyl groups excluding tert-OH is 1. The van der Waals surface area contributed by atoms with E-state index in [9.17, 15) is 24.9 Å². The van der Waals surface area contributed by atoms with Crippen molar-refractivity contribution < 1.29 is 33.7 Å². The summed E-state index contributed by atoms with van der Waals surface area (Å²) in [5.41, 5.74) is -6.31. The molecule has 0 aromatic rings. The van der Waals surface area contributed by atoms with Crippen molar-refractivity contribution in [2.45, 2.75) is 70.0 Å². The molecule has 3 fully saturated rings. The highest BCUT2D eigenvalue weighted by molar-refractivity contribution is 6.01. The van der Waals surface area contributed by atoms with E-state index in [2.05, 4.69) is 0 Å². The van der Waals surface area contributed by atoms with Crippen molar-refractivity contribution in [1.29, 1.82) is 0 Å². The summed E-state index contributed by atoms with van der Waals surface area (Å²) < 4.78 is 32.1. The number of fused-ring (bicyclic) bond motifs is 5. The summed E-state index contributed by atoms with van der Waals surface area (Å²) in [6, 6.07) is 0. The molecule has 0 aliphatic heterocycles. The van der Waals surface area contributed by atoms with Gasteiger partial charge in [-0.3, -0.25) is 9.59 Å². The maximum atomic E-state index is 16.9. The Morgan fingerprint density at radius 1 is 1.28 bits per heavy atom. The molecule has 3 N–H and O–H groups in total. The highest BCUT2D eigenvalue weighted by Gasteiger charge is 2.75. The molecule has 0 spiro atoms. The van der Waals surface area contributed by atoms with Crippen LogP contribution < -0.4 is 0 Å². The standard InChI is InChI=1S/C22H28F2O5/c1-11-6-13-14-8-16(23)15-7-12(25)4-5-19(15,2)22(14,24)17(26)9-20(13,3)21(11,29)10-18(27)28/h4-5,7,11,13-14,16-17,26,29H,6,8-10H2,1-3H3,(H,27,28)/t11?,13-,14-,16?,17?,19-,20-,21+,22-/m0/s1. The number of carboxylic acids is 1. The predicted molar refractivity (Wildman–Crippen MR) is 100 cm³/mol. The SMILES string of the molecule is CC1C[C@H]2[C@@H]3CC(F)C4=CC(=O)C=C[C@]4(C)[C@@]3(F)C(O)C[C@]2(C)[C@@]1(O)CC(=O)O. The molecule has 7 heteroatoms. The van der Waals surface area contributed by atoms with Crippen molar-refractivity contribution >= 4 is 11.8 Å². The van der Waals surface area contributed by atoms with Crippen LogP contribution in [0.2, 0.25) is 0 Å². The van der Waals surface area contributed by atoms with Gasteiger partial charge in [-0.1, -0.05) is 19.9 Å². The molecule has 5 nitrogen and oxygen atoms in total. The predicted octanol–water partition coefficient (Wildman–Crippen LogP) is 2.76. The van der Waals surface area contributed by atoms with Gasteiger partial charge in [0, 0.05) is 16.7 Å². The Labute approximate surface area is 168 Å². The average Bonchev–Trinajstić information content (AvgIpc) is 2.79. The molecule has 4 aliphatic rings. The molecule has 0 bridgehead atoms. The fraction of sp³-hybridized carbons (Fsp3) is 0.727. The Balaban J connectivity index is 1.85. The molecule has 0 radical (unpaired) electrons. The first-order valence-corrected chi connectivity index (χ1v) is 10.2. The third-order valence-electron chi connectivity index (χ3n) is 8.85. The topological polar surface area (TPSA) is 94.8 Å². The van der Waals surface area contributed by atoms with Gasteiger partial charge in [-0.05, 0) is 55.7 Å². The number of allylic oxidation sites excluding steroid dienone is 4. The molecule has 0 aromatic heterocycles. The summed E-state index contributed by atoms with van der Waals surface area (Å²) >= 11 is 0. The van der Waals surface area contributed by atoms with E-state index in [1.807, 2.05) is 0 Å². The Bertz CT molecular complexity index is 839. The van der Waals surface area contributed by atoms with Crippen LogP contribution in [-0.2, 0) is 9.59 Å². The number of hydrogen-bond acceptors (Lipinski definition) is 4. The number of ketones is 1. The molecule has 4 rings (SSSR count). The van der Waals surface area contributed by atoms with Crippen molar-refractivity contribution in [2.24, 2.45) is 28.6 Å². The number of aliphatic hydroxyl groups is 2. The van der Waals surface area contributed by atoms with Crippen LogP contribution in [0, 0.1) is 28.6 Å². The maximum Gasteiger partial charge on any atom is 0.306 e. The zero-order valence-corrected chi connectivity index (χ0v) is 16.9. The maximum absolute atomic E-state index is 16.9. The van der Waals surface area contributed by atoms with Crippen LogP contribution in [0.25, 0.3) is 0 Å². The lowest BCUT2D eigenvalue weighted by atomic mass is 9.44. The van der Waals surface area contributed by atoms with Gasteiger partial charge in [0.1, 0.15) is 6.17 Å². The van der Waals surface area contributed by atoms with Gasteiger partial charge in [-0.2, -0.15) is 0 Å². The fourth-order valence-electron chi connectivity index (χ4n) is 7.23. The van der Waals surface area contributed by atoms with Crippen LogP contribution in [0.1, 0.15) is 46.5 Å². The second-order valence-electron chi connectivity index (χ2n) is 9.99. The Hall–Kier alpha value is -1.60. The molecule has 9 atom stereocenters. The van der Waals surface area contributed by atoms with Crippen molar-refractivity contribution in [1.82, 2.24) is 0 Å². The van der Waals surface area contributed by atoms with Gasteiger partial charge in [-0.15, -0.1) is 0 Å². The van der Waals surface area contributed by atoms with E-state index in [-0.39, 0.29) is 18.4 Å². The summed E-state index contributed by atoms with van der Waals surface area (Å²) in [5.74, 6) is -3.39. The molecule has 4 aliphatic carbocycles. The number of aliphatic carboxylic acids is 1. The molecule has 0 amide bonds. The minimum atomic E-state index is -2.21. The van der Waals surface area contributed by atoms with E-state index in [4.69, 9.17) is 0 Å². The molecular weight excluding hydrogens is 382 g/mol. The Kier molecular flexibility index (Phi) is 4.26. The zero-order chi connectivity index (χ0) is 21.6. The van der Waals surface area contributed by atoms with Crippen LogP contribution in [0.5, 0.6) is 0 Å². The number of carbonyl (C=O) groups excluding carboxylic acids is 1. The number of rotatable bonds is 2. The first-order chi connectivity index (χ1) is 13.3. The van der Waals surface area contributed by atoms with Crippen LogP contribution in [0.3, 0.4) is 0 Å². The smallest absolute Gasteiger partial charge is 0.306 e. The van der Waals surface area contributed by atoms with Crippen molar-refractivity contribution in [3.63, 3.8) is 0 Å². The van der Waals surface area contributed by atoms with Gasteiger partial charge in [0.05, 0.1) is 18.1 Å². The molecular formula is C22H28F2O5. The first-order valence-electron chi connectivity index (χ1n) is 10.2. The molecule has 0 heterocycles. The Morgan fingerprint density at radius 2 is 1.93 bits per heavy atom. The van der Waals surface area contributed by atoms with Crippen molar-refractivity contribution in [2.75, 3.05) is 0 Å². The van der Waals surface area contributed by atoms with E-state index < -0.39 is 70.3 Å². The first kappa shape index (κ1) is 20.7. The summed E-state index contributed by atoms with van der Waals surface area (Å²) in [6.45, 7) is 4.96. The highest BCUT2D eigenvalue weighted by atomic mass is 19.1. The Morgan fingerprint density at radius 3 is 2.55 bits per heavy atom. The zero-order valence-electron chi connectivity index (χ0n) is 16.9. The van der Waals surface area contributed by atoms with Gasteiger partial charge < -0.3 is 15.3 Å². The second-order valence-corrected chi connectivity index (χ2v) is 9.99. The number of hydrogen-bond donors (Lipinski definition) is 3. The second kappa shape index (κ2) is 5.97. The van der Waals surface area contributed by atoms with E-state index >= 15 is 8.78 Å². The highest BCUT2D eigenvalue weighted by Crippen LogP contribution is 2.71. The van der Waals surface area contributed by atoms with Gasteiger partial charge in [0.2, 0.25) is 0 Å². The van der Waals surface area contributed by atoms with Crippen LogP contribution in [0.15, 0.2) is 23.8 Å². The van der Waals surface area contributed by atoms with Crippen molar-refractivity contribution in [3.8, 4) is 0 Å².